The Bertz CT molecular complexity index is 616. The Kier molecular flexibility index (Phi) is 4.63. The number of hydrogen-bond acceptors (Lipinski definition) is 4. The molecule has 6 heteroatoms. The number of morpholine rings is 1. The van der Waals surface area contributed by atoms with Crippen LogP contribution in [0.25, 0.3) is 0 Å². The average Bonchev–Trinajstić information content (AvgIpc) is 2.96. The minimum Gasteiger partial charge on any atom is -0.372 e. The van der Waals surface area contributed by atoms with E-state index in [9.17, 15) is 8.42 Å². The van der Waals surface area contributed by atoms with Gasteiger partial charge in [0.2, 0.25) is 10.0 Å². The Morgan fingerprint density at radius 1 is 1.32 bits per heavy atom. The third-order valence-corrected chi connectivity index (χ3v) is 6.20. The van der Waals surface area contributed by atoms with Crippen LogP contribution in [0.4, 0.5) is 0 Å². The maximum absolute atomic E-state index is 12.9. The SMILES string of the molecule is C=CCO[C@@H]1CC[C@H]2[C@H]1OCCN2S(=O)(=O)c1ccccc1. The van der Waals surface area contributed by atoms with Gasteiger partial charge in [-0.2, -0.15) is 4.31 Å². The molecule has 1 heterocycles. The van der Waals surface area contributed by atoms with Crippen molar-refractivity contribution in [3.05, 3.63) is 43.0 Å². The fourth-order valence-corrected chi connectivity index (χ4v) is 4.95. The van der Waals surface area contributed by atoms with Crippen molar-refractivity contribution in [1.82, 2.24) is 4.31 Å². The fourth-order valence-electron chi connectivity index (χ4n) is 3.28. The summed E-state index contributed by atoms with van der Waals surface area (Å²) in [6, 6.07) is 8.44. The van der Waals surface area contributed by atoms with Gasteiger partial charge >= 0.3 is 0 Å². The number of fused-ring (bicyclic) bond motifs is 1. The van der Waals surface area contributed by atoms with Crippen LogP contribution in [0, 0.1) is 0 Å². The van der Waals surface area contributed by atoms with E-state index in [-0.39, 0.29) is 18.2 Å². The highest BCUT2D eigenvalue weighted by molar-refractivity contribution is 7.89. The lowest BCUT2D eigenvalue weighted by molar-refractivity contribution is -0.0911. The van der Waals surface area contributed by atoms with Crippen molar-refractivity contribution in [2.45, 2.75) is 36.0 Å². The van der Waals surface area contributed by atoms with Crippen LogP contribution in [-0.4, -0.2) is 50.7 Å². The highest BCUT2D eigenvalue weighted by Gasteiger charge is 2.47. The number of ether oxygens (including phenoxy) is 2. The molecule has 120 valence electrons. The van der Waals surface area contributed by atoms with Gasteiger partial charge in [-0.1, -0.05) is 24.3 Å². The van der Waals surface area contributed by atoms with E-state index < -0.39 is 10.0 Å². The number of sulfonamides is 1. The molecule has 1 aliphatic carbocycles. The van der Waals surface area contributed by atoms with Crippen LogP contribution >= 0.6 is 0 Å². The molecule has 22 heavy (non-hydrogen) atoms. The third-order valence-electron chi connectivity index (χ3n) is 4.26. The molecule has 1 aromatic rings. The first-order valence-corrected chi connectivity index (χ1v) is 8.99. The molecule has 3 rings (SSSR count). The van der Waals surface area contributed by atoms with Crippen molar-refractivity contribution >= 4 is 10.0 Å². The van der Waals surface area contributed by atoms with Crippen LogP contribution < -0.4 is 0 Å². The smallest absolute Gasteiger partial charge is 0.243 e. The predicted molar refractivity (Wildman–Crippen MR) is 83.0 cm³/mol. The number of rotatable bonds is 5. The standard InChI is InChI=1S/C16H21NO4S/c1-2-11-20-15-9-8-14-16(15)21-12-10-17(14)22(18,19)13-6-4-3-5-7-13/h2-7,14-16H,1,8-12H2/t14-,15+,16+/m0/s1. The molecule has 0 N–H and O–H groups in total. The molecule has 0 aromatic heterocycles. The summed E-state index contributed by atoms with van der Waals surface area (Å²) < 4.78 is 38.9. The summed E-state index contributed by atoms with van der Waals surface area (Å²) in [5, 5.41) is 0. The van der Waals surface area contributed by atoms with E-state index >= 15 is 0 Å². The molecule has 3 atom stereocenters. The lowest BCUT2D eigenvalue weighted by atomic mass is 10.1. The summed E-state index contributed by atoms with van der Waals surface area (Å²) in [5.74, 6) is 0. The van der Waals surface area contributed by atoms with Crippen LogP contribution in [0.2, 0.25) is 0 Å². The largest absolute Gasteiger partial charge is 0.372 e. The third kappa shape index (κ3) is 2.84. The second kappa shape index (κ2) is 6.50. The van der Waals surface area contributed by atoms with Crippen LogP contribution in [0.3, 0.4) is 0 Å². The van der Waals surface area contributed by atoms with Crippen LogP contribution in [0.1, 0.15) is 12.8 Å². The Morgan fingerprint density at radius 2 is 2.09 bits per heavy atom. The van der Waals surface area contributed by atoms with Gasteiger partial charge in [-0.15, -0.1) is 6.58 Å². The highest BCUT2D eigenvalue weighted by atomic mass is 32.2. The summed E-state index contributed by atoms with van der Waals surface area (Å²) in [5.41, 5.74) is 0. The van der Waals surface area contributed by atoms with E-state index in [2.05, 4.69) is 6.58 Å². The molecule has 0 unspecified atom stereocenters. The van der Waals surface area contributed by atoms with E-state index in [1.807, 2.05) is 6.07 Å². The molecule has 2 fully saturated rings. The summed E-state index contributed by atoms with van der Waals surface area (Å²) in [4.78, 5) is 0.339. The van der Waals surface area contributed by atoms with Crippen molar-refractivity contribution in [3.63, 3.8) is 0 Å². The fraction of sp³-hybridized carbons (Fsp3) is 0.500. The monoisotopic (exact) mass is 323 g/mol. The Morgan fingerprint density at radius 3 is 2.82 bits per heavy atom. The molecule has 5 nitrogen and oxygen atoms in total. The first kappa shape index (κ1) is 15.7. The maximum atomic E-state index is 12.9. The molecule has 0 amide bonds. The van der Waals surface area contributed by atoms with Crippen molar-refractivity contribution in [1.29, 1.82) is 0 Å². The molecule has 0 radical (unpaired) electrons. The van der Waals surface area contributed by atoms with Crippen molar-refractivity contribution in [2.24, 2.45) is 0 Å². The van der Waals surface area contributed by atoms with Gasteiger partial charge in [0.25, 0.3) is 0 Å². The van der Waals surface area contributed by atoms with E-state index in [0.717, 1.165) is 12.8 Å². The number of nitrogens with zero attached hydrogens (tertiary/aromatic N) is 1. The normalized spacial score (nSPS) is 29.2. The van der Waals surface area contributed by atoms with E-state index in [1.165, 1.54) is 0 Å². The van der Waals surface area contributed by atoms with Crippen molar-refractivity contribution in [3.8, 4) is 0 Å². The van der Waals surface area contributed by atoms with Crippen molar-refractivity contribution in [2.75, 3.05) is 19.8 Å². The van der Waals surface area contributed by atoms with Gasteiger partial charge in [0, 0.05) is 6.54 Å². The Balaban J connectivity index is 1.82. The molecule has 0 spiro atoms. The molecule has 1 saturated carbocycles. The van der Waals surface area contributed by atoms with Gasteiger partial charge in [-0.05, 0) is 25.0 Å². The molecular formula is C16H21NO4S. The second-order valence-corrected chi connectivity index (χ2v) is 7.46. The highest BCUT2D eigenvalue weighted by Crippen LogP contribution is 2.35. The molecule has 2 aliphatic rings. The Labute approximate surface area is 131 Å². The molecule has 1 saturated heterocycles. The maximum Gasteiger partial charge on any atom is 0.243 e. The van der Waals surface area contributed by atoms with Gasteiger partial charge in [0.05, 0.1) is 30.3 Å². The van der Waals surface area contributed by atoms with Crippen molar-refractivity contribution < 1.29 is 17.9 Å². The first-order valence-electron chi connectivity index (χ1n) is 7.55. The lowest BCUT2D eigenvalue weighted by Crippen LogP contribution is -2.53. The molecular weight excluding hydrogens is 302 g/mol. The quantitative estimate of drug-likeness (QED) is 0.776. The summed E-state index contributed by atoms with van der Waals surface area (Å²) in [6.45, 7) is 4.91. The summed E-state index contributed by atoms with van der Waals surface area (Å²) >= 11 is 0. The van der Waals surface area contributed by atoms with E-state index in [4.69, 9.17) is 9.47 Å². The number of hydrogen-bond donors (Lipinski definition) is 0. The minimum absolute atomic E-state index is 0.0585. The zero-order valence-electron chi connectivity index (χ0n) is 12.4. The van der Waals surface area contributed by atoms with Crippen LogP contribution in [-0.2, 0) is 19.5 Å². The van der Waals surface area contributed by atoms with Gasteiger partial charge in [0.1, 0.15) is 6.10 Å². The first-order chi connectivity index (χ1) is 10.6. The Hall–Kier alpha value is -1.21. The predicted octanol–water partition coefficient (Wildman–Crippen LogP) is 1.81. The minimum atomic E-state index is -3.48. The lowest BCUT2D eigenvalue weighted by Gasteiger charge is -2.38. The summed E-state index contributed by atoms with van der Waals surface area (Å²) in [6.07, 6.45) is 3.03. The molecule has 1 aromatic carbocycles. The van der Waals surface area contributed by atoms with E-state index in [0.29, 0.717) is 24.7 Å². The van der Waals surface area contributed by atoms with Crippen LogP contribution in [0.5, 0.6) is 0 Å². The number of benzene rings is 1. The topological polar surface area (TPSA) is 55.8 Å². The van der Waals surface area contributed by atoms with Crippen LogP contribution in [0.15, 0.2) is 47.9 Å². The second-order valence-electron chi connectivity index (χ2n) is 5.57. The molecule has 1 aliphatic heterocycles. The van der Waals surface area contributed by atoms with Gasteiger partial charge in [-0.25, -0.2) is 8.42 Å². The summed E-state index contributed by atoms with van der Waals surface area (Å²) in [7, 11) is -3.48. The van der Waals surface area contributed by atoms with E-state index in [1.54, 1.807) is 34.6 Å². The van der Waals surface area contributed by atoms with Gasteiger partial charge < -0.3 is 9.47 Å². The van der Waals surface area contributed by atoms with Gasteiger partial charge in [0.15, 0.2) is 0 Å². The zero-order chi connectivity index (χ0) is 15.6. The average molecular weight is 323 g/mol. The molecule has 0 bridgehead atoms. The van der Waals surface area contributed by atoms with Gasteiger partial charge in [-0.3, -0.25) is 0 Å². The zero-order valence-corrected chi connectivity index (χ0v) is 13.2.